The molecule has 1 N–H and O–H groups in total. The molecule has 6 nitrogen and oxygen atoms in total. The van der Waals surface area contributed by atoms with E-state index in [1.807, 2.05) is 19.1 Å². The first-order chi connectivity index (χ1) is 11.1. The van der Waals surface area contributed by atoms with E-state index < -0.39 is 11.8 Å². The van der Waals surface area contributed by atoms with Crippen LogP contribution in [0.2, 0.25) is 0 Å². The number of aromatic nitrogens is 2. The van der Waals surface area contributed by atoms with E-state index in [-0.39, 0.29) is 6.04 Å². The maximum Gasteiger partial charge on any atom is 0.315 e. The second-order valence-electron chi connectivity index (χ2n) is 5.56. The third-order valence-corrected chi connectivity index (χ3v) is 5.06. The van der Waals surface area contributed by atoms with Gasteiger partial charge in [-0.25, -0.2) is 0 Å². The normalized spacial score (nSPS) is 13.7. The molecule has 0 radical (unpaired) electrons. The molecular weight excluding hydrogens is 312 g/mol. The highest BCUT2D eigenvalue weighted by molar-refractivity contribution is 7.15. The smallest absolute Gasteiger partial charge is 0.315 e. The molecule has 1 aromatic carbocycles. The number of anilines is 1. The highest BCUT2D eigenvalue weighted by atomic mass is 32.1. The van der Waals surface area contributed by atoms with Gasteiger partial charge in [0.25, 0.3) is 0 Å². The zero-order chi connectivity index (χ0) is 16.4. The Morgan fingerprint density at radius 1 is 1.26 bits per heavy atom. The molecule has 1 aliphatic carbocycles. The summed E-state index contributed by atoms with van der Waals surface area (Å²) in [6.45, 7) is 1.96. The van der Waals surface area contributed by atoms with Crippen LogP contribution in [0.4, 0.5) is 5.13 Å². The van der Waals surface area contributed by atoms with Crippen LogP contribution in [-0.2, 0) is 28.9 Å². The average Bonchev–Trinajstić information content (AvgIpc) is 3.19. The van der Waals surface area contributed by atoms with Crippen LogP contribution in [-0.4, -0.2) is 40.0 Å². The van der Waals surface area contributed by atoms with Crippen LogP contribution >= 0.6 is 11.3 Å². The highest BCUT2D eigenvalue weighted by Gasteiger charge is 2.30. The Morgan fingerprint density at radius 2 is 1.91 bits per heavy atom. The lowest BCUT2D eigenvalue weighted by atomic mass is 10.1. The molecule has 1 aromatic heterocycles. The van der Waals surface area contributed by atoms with Crippen molar-refractivity contribution >= 4 is 28.3 Å². The highest BCUT2D eigenvalue weighted by Crippen LogP contribution is 2.25. The van der Waals surface area contributed by atoms with E-state index in [0.717, 1.165) is 24.3 Å². The third kappa shape index (κ3) is 3.24. The van der Waals surface area contributed by atoms with E-state index >= 15 is 0 Å². The first-order valence-electron chi connectivity index (χ1n) is 7.55. The number of benzene rings is 1. The molecular formula is C16H18N4O2S. The summed E-state index contributed by atoms with van der Waals surface area (Å²) in [5, 5.41) is 11.5. The van der Waals surface area contributed by atoms with Gasteiger partial charge in [0, 0.05) is 13.1 Å². The van der Waals surface area contributed by atoms with Crippen molar-refractivity contribution in [2.24, 2.45) is 0 Å². The van der Waals surface area contributed by atoms with Crippen molar-refractivity contribution in [2.45, 2.75) is 32.2 Å². The summed E-state index contributed by atoms with van der Waals surface area (Å²) in [4.78, 5) is 26.0. The Labute approximate surface area is 138 Å². The maximum atomic E-state index is 12.3. The van der Waals surface area contributed by atoms with Crippen LogP contribution in [0.1, 0.15) is 23.1 Å². The number of likely N-dealkylation sites (N-methyl/N-ethyl adjacent to an activating group) is 1. The minimum atomic E-state index is -0.665. The summed E-state index contributed by atoms with van der Waals surface area (Å²) in [5.74, 6) is -1.21. The number of rotatable bonds is 3. The minimum absolute atomic E-state index is 0.0197. The predicted octanol–water partition coefficient (Wildman–Crippen LogP) is 1.66. The van der Waals surface area contributed by atoms with E-state index in [9.17, 15) is 9.59 Å². The Morgan fingerprint density at radius 3 is 2.48 bits per heavy atom. The van der Waals surface area contributed by atoms with Crippen molar-refractivity contribution in [2.75, 3.05) is 12.4 Å². The van der Waals surface area contributed by atoms with Crippen molar-refractivity contribution in [1.82, 2.24) is 15.1 Å². The van der Waals surface area contributed by atoms with E-state index in [2.05, 4.69) is 27.6 Å². The fourth-order valence-corrected chi connectivity index (χ4v) is 3.41. The summed E-state index contributed by atoms with van der Waals surface area (Å²) in [7, 11) is 1.68. The van der Waals surface area contributed by atoms with Crippen LogP contribution in [0.25, 0.3) is 0 Å². The van der Waals surface area contributed by atoms with E-state index in [1.54, 1.807) is 7.05 Å². The number of hydrogen-bond acceptors (Lipinski definition) is 5. The lowest BCUT2D eigenvalue weighted by Gasteiger charge is -2.23. The molecule has 0 unspecified atom stereocenters. The Bertz CT molecular complexity index is 718. The van der Waals surface area contributed by atoms with Crippen LogP contribution in [0.5, 0.6) is 0 Å². The van der Waals surface area contributed by atoms with Gasteiger partial charge < -0.3 is 4.90 Å². The molecule has 0 saturated carbocycles. The summed E-state index contributed by atoms with van der Waals surface area (Å²) in [5.41, 5.74) is 2.49. The first kappa shape index (κ1) is 15.6. The molecule has 0 aliphatic heterocycles. The van der Waals surface area contributed by atoms with Crippen LogP contribution in [0.15, 0.2) is 24.3 Å². The number of carbonyl (C=O) groups is 2. The molecule has 23 heavy (non-hydrogen) atoms. The quantitative estimate of drug-likeness (QED) is 0.869. The van der Waals surface area contributed by atoms with Crippen LogP contribution < -0.4 is 5.32 Å². The molecule has 1 aliphatic rings. The van der Waals surface area contributed by atoms with Crippen molar-refractivity contribution in [3.63, 3.8) is 0 Å². The van der Waals surface area contributed by atoms with Gasteiger partial charge >= 0.3 is 11.8 Å². The molecule has 2 amide bonds. The summed E-state index contributed by atoms with van der Waals surface area (Å²) < 4.78 is 0. The zero-order valence-corrected chi connectivity index (χ0v) is 13.9. The van der Waals surface area contributed by atoms with E-state index in [0.29, 0.717) is 5.13 Å². The first-order valence-corrected chi connectivity index (χ1v) is 8.37. The fourth-order valence-electron chi connectivity index (χ4n) is 2.73. The third-order valence-electron chi connectivity index (χ3n) is 4.08. The number of fused-ring (bicyclic) bond motifs is 1. The molecule has 0 atom stereocenters. The molecule has 3 rings (SSSR count). The number of carbonyl (C=O) groups excluding carboxylic acids is 2. The lowest BCUT2D eigenvalue weighted by molar-refractivity contribution is -0.143. The van der Waals surface area contributed by atoms with Gasteiger partial charge in [0.15, 0.2) is 0 Å². The summed E-state index contributed by atoms with van der Waals surface area (Å²) in [6, 6.07) is 8.15. The Kier molecular flexibility index (Phi) is 4.38. The maximum absolute atomic E-state index is 12.3. The average molecular weight is 330 g/mol. The number of nitrogens with one attached hydrogen (secondary N) is 1. The molecule has 0 saturated heterocycles. The van der Waals surface area contributed by atoms with Crippen molar-refractivity contribution in [1.29, 1.82) is 0 Å². The Balaban J connectivity index is 1.62. The lowest BCUT2D eigenvalue weighted by Crippen LogP contribution is -2.43. The van der Waals surface area contributed by atoms with Gasteiger partial charge in [-0.2, -0.15) is 0 Å². The largest absolute Gasteiger partial charge is 0.334 e. The van der Waals surface area contributed by atoms with Gasteiger partial charge in [-0.3, -0.25) is 14.9 Å². The van der Waals surface area contributed by atoms with E-state index in [4.69, 9.17) is 0 Å². The second-order valence-corrected chi connectivity index (χ2v) is 6.62. The van der Waals surface area contributed by atoms with E-state index in [1.165, 1.54) is 27.4 Å². The van der Waals surface area contributed by atoms with Crippen LogP contribution in [0.3, 0.4) is 0 Å². The summed E-state index contributed by atoms with van der Waals surface area (Å²) >= 11 is 1.29. The molecule has 120 valence electrons. The van der Waals surface area contributed by atoms with Gasteiger partial charge in [-0.1, -0.05) is 42.5 Å². The Hall–Kier alpha value is -2.28. The molecule has 1 heterocycles. The number of hydrogen-bond donors (Lipinski definition) is 1. The molecule has 0 bridgehead atoms. The second kappa shape index (κ2) is 6.45. The standard InChI is InChI=1S/C16H18N4O2S/c1-3-13-18-19-16(23-13)17-14(21)15(22)20(2)12-8-10-6-4-5-7-11(10)9-12/h4-7,12H,3,8-9H2,1-2H3,(H,17,19,21). The SMILES string of the molecule is CCc1nnc(NC(=O)C(=O)N(C)C2Cc3ccccc3C2)s1. The van der Waals surface area contributed by atoms with Gasteiger partial charge in [0.05, 0.1) is 0 Å². The predicted molar refractivity (Wildman–Crippen MR) is 88.3 cm³/mol. The number of amides is 2. The number of aryl methyl sites for hydroxylation is 1. The number of nitrogens with zero attached hydrogens (tertiary/aromatic N) is 3. The van der Waals surface area contributed by atoms with Crippen LogP contribution in [0, 0.1) is 0 Å². The van der Waals surface area contributed by atoms with Gasteiger partial charge in [0.2, 0.25) is 5.13 Å². The monoisotopic (exact) mass is 330 g/mol. The van der Waals surface area contributed by atoms with Gasteiger partial charge in [-0.15, -0.1) is 10.2 Å². The molecule has 0 fully saturated rings. The van der Waals surface area contributed by atoms with Crippen molar-refractivity contribution in [3.05, 3.63) is 40.4 Å². The topological polar surface area (TPSA) is 75.2 Å². The zero-order valence-electron chi connectivity index (χ0n) is 13.1. The fraction of sp³-hybridized carbons (Fsp3) is 0.375. The summed E-state index contributed by atoms with van der Waals surface area (Å²) in [6.07, 6.45) is 2.32. The van der Waals surface area contributed by atoms with Crippen molar-refractivity contribution in [3.8, 4) is 0 Å². The minimum Gasteiger partial charge on any atom is -0.334 e. The van der Waals surface area contributed by atoms with Gasteiger partial charge in [-0.05, 0) is 30.4 Å². The van der Waals surface area contributed by atoms with Crippen molar-refractivity contribution < 1.29 is 9.59 Å². The molecule has 2 aromatic rings. The molecule has 0 spiro atoms. The molecule has 7 heteroatoms. The van der Waals surface area contributed by atoms with Gasteiger partial charge in [0.1, 0.15) is 5.01 Å².